The van der Waals surface area contributed by atoms with E-state index in [0.717, 1.165) is 6.07 Å². The van der Waals surface area contributed by atoms with E-state index in [9.17, 15) is 24.3 Å². The first-order valence-corrected chi connectivity index (χ1v) is 14.0. The number of ether oxygens (including phenoxy) is 1. The van der Waals surface area contributed by atoms with E-state index in [1.807, 2.05) is 6.07 Å². The van der Waals surface area contributed by atoms with Crippen LogP contribution in [0.1, 0.15) is 40.4 Å². The number of rotatable bonds is 5. The highest BCUT2D eigenvalue weighted by atomic mass is 35.5. The van der Waals surface area contributed by atoms with Crippen LogP contribution in [-0.4, -0.2) is 45.6 Å². The molecule has 3 heterocycles. The number of amides is 3. The number of nitrogens with zero attached hydrogens (tertiary/aromatic N) is 2. The van der Waals surface area contributed by atoms with Gasteiger partial charge in [-0.1, -0.05) is 48.0 Å². The van der Waals surface area contributed by atoms with E-state index < -0.39 is 40.9 Å². The van der Waals surface area contributed by atoms with Crippen molar-refractivity contribution in [2.75, 3.05) is 18.4 Å². The molecule has 2 aliphatic rings. The lowest BCUT2D eigenvalue weighted by Crippen LogP contribution is -2.55. The van der Waals surface area contributed by atoms with Crippen LogP contribution in [-0.2, 0) is 21.6 Å². The van der Waals surface area contributed by atoms with Gasteiger partial charge in [-0.15, -0.1) is 0 Å². The second kappa shape index (κ2) is 10.7. The van der Waals surface area contributed by atoms with Crippen molar-refractivity contribution in [2.24, 2.45) is 5.73 Å². The fraction of sp³-hybridized carbons (Fsp3) is 0.226. The van der Waals surface area contributed by atoms with Crippen LogP contribution in [0.25, 0.3) is 10.9 Å². The zero-order valence-electron chi connectivity index (χ0n) is 22.7. The average molecular weight is 605 g/mol. The van der Waals surface area contributed by atoms with Crippen LogP contribution >= 0.6 is 11.6 Å². The summed E-state index contributed by atoms with van der Waals surface area (Å²) in [5.41, 5.74) is 4.32. The van der Waals surface area contributed by atoms with Crippen molar-refractivity contribution in [2.45, 2.75) is 30.9 Å². The van der Waals surface area contributed by atoms with Gasteiger partial charge >= 0.3 is 6.09 Å². The highest BCUT2D eigenvalue weighted by Gasteiger charge is 2.49. The van der Waals surface area contributed by atoms with Crippen molar-refractivity contribution in [3.8, 4) is 5.75 Å². The summed E-state index contributed by atoms with van der Waals surface area (Å²) in [6.45, 7) is 0.0179. The van der Waals surface area contributed by atoms with E-state index >= 15 is 4.39 Å². The molecule has 220 valence electrons. The van der Waals surface area contributed by atoms with E-state index in [4.69, 9.17) is 22.1 Å². The molecule has 1 spiro atoms. The topological polar surface area (TPSA) is 144 Å². The smallest absolute Gasteiger partial charge is 0.412 e. The second-order valence-electron chi connectivity index (χ2n) is 10.7. The zero-order chi connectivity index (χ0) is 30.5. The molecule has 1 saturated heterocycles. The Morgan fingerprint density at radius 1 is 1.12 bits per heavy atom. The van der Waals surface area contributed by atoms with E-state index in [1.54, 1.807) is 24.3 Å². The first kappa shape index (κ1) is 28.2. The number of aromatic hydroxyl groups is 1. The molecule has 0 bridgehead atoms. The Bertz CT molecular complexity index is 1860. The predicted molar refractivity (Wildman–Crippen MR) is 157 cm³/mol. The molecule has 0 unspecified atom stereocenters. The molecule has 1 fully saturated rings. The number of hydrogen-bond donors (Lipinski definition) is 3. The number of piperidine rings is 1. The first-order chi connectivity index (χ1) is 20.6. The van der Waals surface area contributed by atoms with E-state index in [1.165, 1.54) is 39.8 Å². The van der Waals surface area contributed by atoms with Crippen LogP contribution in [0.4, 0.5) is 14.9 Å². The molecule has 12 heteroatoms. The summed E-state index contributed by atoms with van der Waals surface area (Å²) in [7, 11) is 0. The Labute approximate surface area is 249 Å². The third-order valence-electron chi connectivity index (χ3n) is 8.03. The third kappa shape index (κ3) is 4.85. The number of para-hydroxylation sites is 1. The monoisotopic (exact) mass is 604 g/mol. The number of halogens is 2. The van der Waals surface area contributed by atoms with Crippen LogP contribution in [0.5, 0.6) is 5.75 Å². The minimum Gasteiger partial charge on any atom is -0.507 e. The Hall–Kier alpha value is -4.90. The number of carbonyl (C=O) groups excluding carboxylic acids is 3. The number of carbonyl (C=O) groups is 3. The van der Waals surface area contributed by atoms with Gasteiger partial charge in [-0.25, -0.2) is 9.18 Å². The number of benzene rings is 3. The van der Waals surface area contributed by atoms with Crippen LogP contribution in [0.15, 0.2) is 71.5 Å². The van der Waals surface area contributed by atoms with Gasteiger partial charge in [0.1, 0.15) is 11.8 Å². The quantitative estimate of drug-likeness (QED) is 0.307. The Morgan fingerprint density at radius 3 is 2.63 bits per heavy atom. The van der Waals surface area contributed by atoms with E-state index in [0.29, 0.717) is 12.0 Å². The van der Waals surface area contributed by atoms with Gasteiger partial charge in [-0.2, -0.15) is 0 Å². The number of pyridine rings is 1. The van der Waals surface area contributed by atoms with Crippen LogP contribution in [0, 0.1) is 5.82 Å². The molecule has 2 aliphatic heterocycles. The maximum absolute atomic E-state index is 15.5. The minimum absolute atomic E-state index is 0.0115. The molecule has 4 aromatic rings. The Kier molecular flexibility index (Phi) is 7.05. The van der Waals surface area contributed by atoms with Gasteiger partial charge in [0.15, 0.2) is 11.4 Å². The van der Waals surface area contributed by atoms with E-state index in [-0.39, 0.29) is 64.4 Å². The molecule has 6 rings (SSSR count). The van der Waals surface area contributed by atoms with Gasteiger partial charge in [0.25, 0.3) is 11.5 Å². The maximum Gasteiger partial charge on any atom is 0.412 e. The molecular weight excluding hydrogens is 579 g/mol. The average Bonchev–Trinajstić information content (AvgIpc) is 2.98. The van der Waals surface area contributed by atoms with E-state index in [2.05, 4.69) is 5.32 Å². The molecule has 4 N–H and O–H groups in total. The molecule has 2 atom stereocenters. The van der Waals surface area contributed by atoms with Crippen LogP contribution in [0.2, 0.25) is 5.02 Å². The lowest BCUT2D eigenvalue weighted by Gasteiger charge is -2.45. The van der Waals surface area contributed by atoms with Crippen LogP contribution in [0.3, 0.4) is 0 Å². The molecule has 1 aromatic heterocycles. The van der Waals surface area contributed by atoms with Crippen molar-refractivity contribution in [3.05, 3.63) is 105 Å². The highest BCUT2D eigenvalue weighted by Crippen LogP contribution is 2.45. The summed E-state index contributed by atoms with van der Waals surface area (Å²) in [5.74, 6) is -2.51. The van der Waals surface area contributed by atoms with Gasteiger partial charge in [-0.05, 0) is 42.7 Å². The van der Waals surface area contributed by atoms with Gasteiger partial charge in [-0.3, -0.25) is 24.3 Å². The number of anilines is 1. The molecule has 0 radical (unpaired) electrons. The number of nitrogens with two attached hydrogens (primary N) is 1. The first-order valence-electron chi connectivity index (χ1n) is 13.6. The summed E-state index contributed by atoms with van der Waals surface area (Å²) in [6, 6.07) is 16.0. The molecule has 0 saturated carbocycles. The predicted octanol–water partition coefficient (Wildman–Crippen LogP) is 4.46. The maximum atomic E-state index is 15.5. The summed E-state index contributed by atoms with van der Waals surface area (Å²) < 4.78 is 22.4. The number of likely N-dealkylation sites (tertiary alicyclic amines) is 1. The second-order valence-corrected chi connectivity index (χ2v) is 11.1. The molecule has 43 heavy (non-hydrogen) atoms. The minimum atomic E-state index is -1.53. The molecule has 10 nitrogen and oxygen atoms in total. The van der Waals surface area contributed by atoms with Gasteiger partial charge < -0.3 is 20.5 Å². The summed E-state index contributed by atoms with van der Waals surface area (Å²) in [5, 5.41) is 13.1. The van der Waals surface area contributed by atoms with Gasteiger partial charge in [0, 0.05) is 24.4 Å². The largest absolute Gasteiger partial charge is 0.507 e. The van der Waals surface area contributed by atoms with Gasteiger partial charge in [0.2, 0.25) is 5.91 Å². The van der Waals surface area contributed by atoms with Gasteiger partial charge in [0.05, 0.1) is 33.9 Å². The number of aromatic nitrogens is 1. The van der Waals surface area contributed by atoms with Crippen molar-refractivity contribution in [3.63, 3.8) is 0 Å². The fourth-order valence-electron chi connectivity index (χ4n) is 6.19. The SMILES string of the molecule is NC(=O)c1cccc2c(O)cc(=O)n([C@@H](Cc3ccccc3)C(=O)N3CCC[C@@]4(C3)OC(=O)Nc3ccc(Cl)c(F)c34)c12. The number of nitrogens with one attached hydrogen (secondary N) is 1. The number of primary amides is 1. The molecule has 3 aromatic carbocycles. The summed E-state index contributed by atoms with van der Waals surface area (Å²) in [6.07, 6.45) is -0.184. The Balaban J connectivity index is 1.50. The number of fused-ring (bicyclic) bond motifs is 3. The zero-order valence-corrected chi connectivity index (χ0v) is 23.4. The molecule has 0 aliphatic carbocycles. The van der Waals surface area contributed by atoms with Crippen molar-refractivity contribution >= 4 is 46.1 Å². The number of hydrogen-bond acceptors (Lipinski definition) is 6. The third-order valence-corrected chi connectivity index (χ3v) is 8.32. The van der Waals surface area contributed by atoms with Crippen molar-refractivity contribution in [1.82, 2.24) is 9.47 Å². The lowest BCUT2D eigenvalue weighted by molar-refractivity contribution is -0.142. The lowest BCUT2D eigenvalue weighted by atomic mass is 9.82. The highest BCUT2D eigenvalue weighted by molar-refractivity contribution is 6.31. The van der Waals surface area contributed by atoms with Crippen LogP contribution < -0.4 is 16.6 Å². The summed E-state index contributed by atoms with van der Waals surface area (Å²) >= 11 is 6.11. The standard InChI is InChI=1S/C31H26ClFN4O6/c32-20-10-11-21-25(26(20)33)31(43-30(42)35-21)12-5-13-36(16-31)29(41)22(14-17-6-2-1-3-7-17)37-24(39)15-23(38)18-8-4-9-19(27(18)37)28(34)40/h1-4,6-11,15,22,38H,5,12-14,16H2,(H2,34,40)(H,35,42)/t22-,31-/m0/s1. The van der Waals surface area contributed by atoms with Crippen molar-refractivity contribution < 1.29 is 28.6 Å². The molecular formula is C31H26ClFN4O6. The summed E-state index contributed by atoms with van der Waals surface area (Å²) in [4.78, 5) is 54.6. The van der Waals surface area contributed by atoms with Crippen molar-refractivity contribution in [1.29, 1.82) is 0 Å². The molecule has 3 amide bonds. The normalized spacial score (nSPS) is 18.6. The Morgan fingerprint density at radius 2 is 1.88 bits per heavy atom. The fourth-order valence-corrected chi connectivity index (χ4v) is 6.35.